The largest absolute Gasteiger partial charge is 0.391 e. The molecule has 2 aromatic rings. The summed E-state index contributed by atoms with van der Waals surface area (Å²) in [5.41, 5.74) is 0.303. The Morgan fingerprint density at radius 3 is 2.62 bits per heavy atom. The Hall–Kier alpha value is -1.46. The number of aliphatic hydroxyl groups excluding tert-OH is 1. The van der Waals surface area contributed by atoms with Gasteiger partial charge < -0.3 is 5.11 Å². The molecule has 0 aliphatic heterocycles. The molecule has 0 aliphatic carbocycles. The quantitative estimate of drug-likeness (QED) is 0.680. The highest BCUT2D eigenvalue weighted by Crippen LogP contribution is 2.31. The molecule has 0 saturated carbocycles. The molecular formula is C11H8BrNO3. The number of fused-ring (bicyclic) bond motifs is 1. The van der Waals surface area contributed by atoms with E-state index >= 15 is 0 Å². The zero-order valence-electron chi connectivity index (χ0n) is 8.18. The predicted molar refractivity (Wildman–Crippen MR) is 64.2 cm³/mol. The van der Waals surface area contributed by atoms with E-state index in [9.17, 15) is 10.1 Å². The molecule has 0 heterocycles. The Bertz CT molecular complexity index is 568. The molecule has 2 aromatic carbocycles. The first-order valence-electron chi connectivity index (χ1n) is 4.60. The van der Waals surface area contributed by atoms with Crippen molar-refractivity contribution in [2.45, 2.75) is 6.61 Å². The van der Waals surface area contributed by atoms with Gasteiger partial charge >= 0.3 is 0 Å². The number of nitro benzene ring substituents is 1. The van der Waals surface area contributed by atoms with E-state index in [0.717, 1.165) is 9.86 Å². The van der Waals surface area contributed by atoms with Gasteiger partial charge in [-0.2, -0.15) is 0 Å². The third-order valence-corrected chi connectivity index (χ3v) is 2.88. The molecule has 0 fully saturated rings. The number of hydrogen-bond acceptors (Lipinski definition) is 3. The van der Waals surface area contributed by atoms with E-state index in [2.05, 4.69) is 15.9 Å². The van der Waals surface area contributed by atoms with Crippen LogP contribution in [0.25, 0.3) is 10.8 Å². The van der Waals surface area contributed by atoms with Gasteiger partial charge in [0.2, 0.25) is 0 Å². The summed E-state index contributed by atoms with van der Waals surface area (Å²) >= 11 is 3.28. The van der Waals surface area contributed by atoms with Crippen molar-refractivity contribution in [3.63, 3.8) is 0 Å². The first kappa shape index (κ1) is 11.0. The van der Waals surface area contributed by atoms with Crippen LogP contribution < -0.4 is 0 Å². The monoisotopic (exact) mass is 281 g/mol. The van der Waals surface area contributed by atoms with Crippen molar-refractivity contribution in [3.05, 3.63) is 50.5 Å². The second-order valence-corrected chi connectivity index (χ2v) is 4.27. The first-order valence-corrected chi connectivity index (χ1v) is 5.39. The normalized spacial score (nSPS) is 10.6. The van der Waals surface area contributed by atoms with Gasteiger partial charge in [0, 0.05) is 4.47 Å². The van der Waals surface area contributed by atoms with Gasteiger partial charge in [0.05, 0.1) is 22.5 Å². The van der Waals surface area contributed by atoms with E-state index in [1.165, 1.54) is 0 Å². The van der Waals surface area contributed by atoms with Crippen LogP contribution in [-0.2, 0) is 6.61 Å². The third-order valence-electron chi connectivity index (χ3n) is 2.39. The number of nitrogens with zero attached hydrogens (tertiary/aromatic N) is 1. The molecule has 16 heavy (non-hydrogen) atoms. The van der Waals surface area contributed by atoms with Gasteiger partial charge in [0.15, 0.2) is 0 Å². The van der Waals surface area contributed by atoms with Crippen LogP contribution in [0.5, 0.6) is 0 Å². The summed E-state index contributed by atoms with van der Waals surface area (Å²) in [5, 5.41) is 21.4. The van der Waals surface area contributed by atoms with Crippen molar-refractivity contribution in [1.29, 1.82) is 0 Å². The van der Waals surface area contributed by atoms with Crippen LogP contribution in [0.1, 0.15) is 5.56 Å². The number of hydrogen-bond donors (Lipinski definition) is 1. The molecular weight excluding hydrogens is 274 g/mol. The minimum absolute atomic E-state index is 0.0266. The van der Waals surface area contributed by atoms with Gasteiger partial charge in [-0.05, 0) is 23.6 Å². The maximum Gasteiger partial charge on any atom is 0.282 e. The molecule has 0 saturated heterocycles. The number of benzene rings is 2. The van der Waals surface area contributed by atoms with Gasteiger partial charge in [0.1, 0.15) is 0 Å². The molecule has 0 spiro atoms. The SMILES string of the molecule is O=[N+]([O-])c1c(CO)ccc2ccc(Br)cc12. The van der Waals surface area contributed by atoms with E-state index in [0.29, 0.717) is 10.9 Å². The van der Waals surface area contributed by atoms with Gasteiger partial charge in [-0.3, -0.25) is 10.1 Å². The van der Waals surface area contributed by atoms with Crippen molar-refractivity contribution in [3.8, 4) is 0 Å². The molecule has 1 N–H and O–H groups in total. The van der Waals surface area contributed by atoms with E-state index in [1.54, 1.807) is 24.3 Å². The second-order valence-electron chi connectivity index (χ2n) is 3.35. The van der Waals surface area contributed by atoms with Crippen LogP contribution in [0.4, 0.5) is 5.69 Å². The third kappa shape index (κ3) is 1.79. The smallest absolute Gasteiger partial charge is 0.282 e. The van der Waals surface area contributed by atoms with E-state index < -0.39 is 4.92 Å². The summed E-state index contributed by atoms with van der Waals surface area (Å²) in [5.74, 6) is 0. The fourth-order valence-corrected chi connectivity index (χ4v) is 2.03. The van der Waals surface area contributed by atoms with Crippen molar-refractivity contribution in [1.82, 2.24) is 0 Å². The standard InChI is InChI=1S/C11H8BrNO3/c12-9-4-3-7-1-2-8(6-14)11(13(15)16)10(7)5-9/h1-5,14H,6H2. The summed E-state index contributed by atoms with van der Waals surface area (Å²) < 4.78 is 0.776. The molecule has 0 atom stereocenters. The number of nitro groups is 1. The maximum atomic E-state index is 11.0. The van der Waals surface area contributed by atoms with Crippen molar-refractivity contribution in [2.75, 3.05) is 0 Å². The predicted octanol–water partition coefficient (Wildman–Crippen LogP) is 3.00. The molecule has 0 aliphatic rings. The number of halogens is 1. The van der Waals surface area contributed by atoms with Crippen molar-refractivity contribution in [2.24, 2.45) is 0 Å². The summed E-state index contributed by atoms with van der Waals surface area (Å²) in [6.07, 6.45) is 0. The molecule has 0 bridgehead atoms. The molecule has 0 radical (unpaired) electrons. The zero-order valence-corrected chi connectivity index (χ0v) is 9.77. The Balaban J connectivity index is 2.87. The van der Waals surface area contributed by atoms with E-state index in [4.69, 9.17) is 5.11 Å². The molecule has 82 valence electrons. The summed E-state index contributed by atoms with van der Waals surface area (Å²) in [4.78, 5) is 10.5. The molecule has 0 amide bonds. The van der Waals surface area contributed by atoms with Gasteiger partial charge in [-0.15, -0.1) is 0 Å². The molecule has 0 unspecified atom stereocenters. The lowest BCUT2D eigenvalue weighted by Gasteiger charge is -2.04. The highest BCUT2D eigenvalue weighted by molar-refractivity contribution is 9.10. The maximum absolute atomic E-state index is 11.0. The van der Waals surface area contributed by atoms with E-state index in [1.807, 2.05) is 6.07 Å². The van der Waals surface area contributed by atoms with E-state index in [-0.39, 0.29) is 12.3 Å². The fourth-order valence-electron chi connectivity index (χ4n) is 1.66. The Kier molecular flexibility index (Phi) is 2.89. The molecule has 4 nitrogen and oxygen atoms in total. The molecule has 5 heteroatoms. The van der Waals surface area contributed by atoms with Crippen LogP contribution >= 0.6 is 15.9 Å². The first-order chi connectivity index (χ1) is 7.63. The minimum atomic E-state index is -0.458. The average Bonchev–Trinajstić information content (AvgIpc) is 2.26. The summed E-state index contributed by atoms with van der Waals surface area (Å²) in [6.45, 7) is -0.335. The Labute approximate surface area is 99.8 Å². The van der Waals surface area contributed by atoms with Crippen molar-refractivity contribution >= 4 is 32.4 Å². The second kappa shape index (κ2) is 4.19. The highest BCUT2D eigenvalue weighted by atomic mass is 79.9. The van der Waals surface area contributed by atoms with Crippen LogP contribution in [0.2, 0.25) is 0 Å². The zero-order chi connectivity index (χ0) is 11.7. The number of rotatable bonds is 2. The van der Waals surface area contributed by atoms with Crippen LogP contribution in [0, 0.1) is 10.1 Å². The lowest BCUT2D eigenvalue weighted by Crippen LogP contribution is -1.96. The Morgan fingerprint density at radius 2 is 2.00 bits per heavy atom. The average molecular weight is 282 g/mol. The lowest BCUT2D eigenvalue weighted by atomic mass is 10.0. The van der Waals surface area contributed by atoms with Gasteiger partial charge in [-0.25, -0.2) is 0 Å². The number of aliphatic hydroxyl groups is 1. The molecule has 2 rings (SSSR count). The van der Waals surface area contributed by atoms with Gasteiger partial charge in [0.25, 0.3) is 5.69 Å². The topological polar surface area (TPSA) is 63.4 Å². The van der Waals surface area contributed by atoms with Crippen LogP contribution in [0.3, 0.4) is 0 Å². The highest BCUT2D eigenvalue weighted by Gasteiger charge is 2.17. The summed E-state index contributed by atoms with van der Waals surface area (Å²) in [7, 11) is 0. The summed E-state index contributed by atoms with van der Waals surface area (Å²) in [6, 6.07) is 8.65. The van der Waals surface area contributed by atoms with Gasteiger partial charge in [-0.1, -0.05) is 28.1 Å². The fraction of sp³-hybridized carbons (Fsp3) is 0.0909. The van der Waals surface area contributed by atoms with Crippen LogP contribution in [-0.4, -0.2) is 10.0 Å². The lowest BCUT2D eigenvalue weighted by molar-refractivity contribution is -0.384. The van der Waals surface area contributed by atoms with Crippen molar-refractivity contribution < 1.29 is 10.0 Å². The Morgan fingerprint density at radius 1 is 1.31 bits per heavy atom. The molecule has 0 aromatic heterocycles. The van der Waals surface area contributed by atoms with Crippen LogP contribution in [0.15, 0.2) is 34.8 Å². The minimum Gasteiger partial charge on any atom is -0.391 e.